The number of nitrogens with one attached hydrogen (secondary N) is 1. The van der Waals surface area contributed by atoms with Crippen LogP contribution in [0.1, 0.15) is 5.56 Å². The summed E-state index contributed by atoms with van der Waals surface area (Å²) in [5.74, 6) is 1.24. The lowest BCUT2D eigenvalue weighted by molar-refractivity contribution is 0.174. The fourth-order valence-electron chi connectivity index (χ4n) is 1.76. The molecule has 1 aliphatic rings. The van der Waals surface area contributed by atoms with Crippen LogP contribution in [0.2, 0.25) is 5.02 Å². The number of halogens is 1. The highest BCUT2D eigenvalue weighted by atomic mass is 35.5. The zero-order valence-corrected chi connectivity index (χ0v) is 10.7. The zero-order valence-electron chi connectivity index (χ0n) is 9.97. The summed E-state index contributed by atoms with van der Waals surface area (Å²) >= 11 is 6.08. The molecule has 19 heavy (non-hydrogen) atoms. The fourth-order valence-corrected chi connectivity index (χ4v) is 2.03. The van der Waals surface area contributed by atoms with Gasteiger partial charge in [-0.15, -0.1) is 0 Å². The maximum Gasteiger partial charge on any atom is 0.231 e. The number of hydrazone groups is 1. The van der Waals surface area contributed by atoms with Crippen LogP contribution >= 0.6 is 11.6 Å². The Morgan fingerprint density at radius 2 is 2.00 bits per heavy atom. The summed E-state index contributed by atoms with van der Waals surface area (Å²) in [4.78, 5) is 0. The summed E-state index contributed by atoms with van der Waals surface area (Å²) in [6.45, 7) is 0.206. The van der Waals surface area contributed by atoms with Crippen molar-refractivity contribution in [3.8, 4) is 11.5 Å². The Bertz CT molecular complexity index is 614. The van der Waals surface area contributed by atoms with Gasteiger partial charge in [-0.05, 0) is 29.8 Å². The van der Waals surface area contributed by atoms with E-state index in [1.165, 1.54) is 0 Å². The standard InChI is InChI=1S/C14H11ClN2O2/c15-12-6-10(7-13-14(12)19-9-18-13)8-16-17-11-4-2-1-3-5-11/h1-8,17H,9H2. The summed E-state index contributed by atoms with van der Waals surface area (Å²) in [5, 5.41) is 4.67. The second kappa shape index (κ2) is 5.20. The van der Waals surface area contributed by atoms with E-state index in [1.54, 1.807) is 12.3 Å². The number of ether oxygens (including phenoxy) is 2. The van der Waals surface area contributed by atoms with Gasteiger partial charge in [-0.1, -0.05) is 29.8 Å². The lowest BCUT2D eigenvalue weighted by atomic mass is 10.2. The zero-order chi connectivity index (χ0) is 13.1. The number of rotatable bonds is 3. The normalized spacial score (nSPS) is 12.9. The average Bonchev–Trinajstić information content (AvgIpc) is 2.89. The van der Waals surface area contributed by atoms with Crippen molar-refractivity contribution in [2.45, 2.75) is 0 Å². The van der Waals surface area contributed by atoms with Gasteiger partial charge < -0.3 is 9.47 Å². The van der Waals surface area contributed by atoms with E-state index in [4.69, 9.17) is 21.1 Å². The van der Waals surface area contributed by atoms with Crippen molar-refractivity contribution in [1.82, 2.24) is 0 Å². The minimum absolute atomic E-state index is 0.206. The van der Waals surface area contributed by atoms with Gasteiger partial charge in [-0.2, -0.15) is 5.10 Å². The molecule has 1 N–H and O–H groups in total. The van der Waals surface area contributed by atoms with Crippen LogP contribution in [0, 0.1) is 0 Å². The van der Waals surface area contributed by atoms with Gasteiger partial charge in [0, 0.05) is 0 Å². The van der Waals surface area contributed by atoms with Gasteiger partial charge in [0.05, 0.1) is 16.9 Å². The quantitative estimate of drug-likeness (QED) is 0.688. The molecule has 5 heteroatoms. The monoisotopic (exact) mass is 274 g/mol. The third-order valence-corrected chi connectivity index (χ3v) is 2.91. The van der Waals surface area contributed by atoms with Crippen LogP contribution < -0.4 is 14.9 Å². The first kappa shape index (κ1) is 11.9. The molecule has 0 atom stereocenters. The molecule has 0 unspecified atom stereocenters. The molecule has 0 spiro atoms. The van der Waals surface area contributed by atoms with E-state index in [1.807, 2.05) is 36.4 Å². The molecule has 2 aromatic rings. The van der Waals surface area contributed by atoms with Crippen LogP contribution in [0.3, 0.4) is 0 Å². The van der Waals surface area contributed by atoms with Crippen molar-refractivity contribution in [3.63, 3.8) is 0 Å². The Morgan fingerprint density at radius 3 is 2.84 bits per heavy atom. The van der Waals surface area contributed by atoms with Crippen molar-refractivity contribution >= 4 is 23.5 Å². The number of nitrogens with zero attached hydrogens (tertiary/aromatic N) is 1. The third kappa shape index (κ3) is 2.63. The third-order valence-electron chi connectivity index (χ3n) is 2.63. The predicted octanol–water partition coefficient (Wildman–Crippen LogP) is 3.51. The van der Waals surface area contributed by atoms with E-state index in [2.05, 4.69) is 10.5 Å². The van der Waals surface area contributed by atoms with E-state index in [9.17, 15) is 0 Å². The van der Waals surface area contributed by atoms with Crippen LogP contribution in [-0.2, 0) is 0 Å². The Hall–Kier alpha value is -2.20. The van der Waals surface area contributed by atoms with Crippen molar-refractivity contribution < 1.29 is 9.47 Å². The first-order valence-corrected chi connectivity index (χ1v) is 6.14. The Labute approximate surface area is 115 Å². The van der Waals surface area contributed by atoms with Gasteiger partial charge in [0.2, 0.25) is 6.79 Å². The highest BCUT2D eigenvalue weighted by Gasteiger charge is 2.17. The summed E-state index contributed by atoms with van der Waals surface area (Å²) in [6.07, 6.45) is 1.68. The van der Waals surface area contributed by atoms with Crippen LogP contribution in [0.25, 0.3) is 0 Å². The maximum atomic E-state index is 6.08. The first-order chi connectivity index (χ1) is 9.33. The molecule has 0 amide bonds. The van der Waals surface area contributed by atoms with Crippen LogP contribution in [0.4, 0.5) is 5.69 Å². The molecule has 1 heterocycles. The van der Waals surface area contributed by atoms with Crippen molar-refractivity contribution in [1.29, 1.82) is 0 Å². The van der Waals surface area contributed by atoms with E-state index in [0.29, 0.717) is 16.5 Å². The van der Waals surface area contributed by atoms with Gasteiger partial charge in [0.1, 0.15) is 0 Å². The molecule has 0 bridgehead atoms. The van der Waals surface area contributed by atoms with Gasteiger partial charge in [0.15, 0.2) is 11.5 Å². The number of benzene rings is 2. The van der Waals surface area contributed by atoms with Crippen LogP contribution in [-0.4, -0.2) is 13.0 Å². The molecule has 0 fully saturated rings. The molecule has 3 rings (SSSR count). The topological polar surface area (TPSA) is 42.9 Å². The summed E-state index contributed by atoms with van der Waals surface area (Å²) in [7, 11) is 0. The molecule has 2 aromatic carbocycles. The van der Waals surface area contributed by atoms with Crippen molar-refractivity contribution in [2.24, 2.45) is 5.10 Å². The minimum atomic E-state index is 0.206. The van der Waals surface area contributed by atoms with Gasteiger partial charge in [0.25, 0.3) is 0 Å². The number of fused-ring (bicyclic) bond motifs is 1. The fraction of sp³-hybridized carbons (Fsp3) is 0.0714. The summed E-state index contributed by atoms with van der Waals surface area (Å²) in [6, 6.07) is 13.3. The highest BCUT2D eigenvalue weighted by Crippen LogP contribution is 2.39. The molecule has 96 valence electrons. The molecular weight excluding hydrogens is 264 g/mol. The summed E-state index contributed by atoms with van der Waals surface area (Å²) in [5.41, 5.74) is 4.70. The van der Waals surface area contributed by atoms with E-state index in [-0.39, 0.29) is 6.79 Å². The van der Waals surface area contributed by atoms with Gasteiger partial charge >= 0.3 is 0 Å². The van der Waals surface area contributed by atoms with Crippen LogP contribution in [0.15, 0.2) is 47.6 Å². The lowest BCUT2D eigenvalue weighted by Crippen LogP contribution is -1.93. The van der Waals surface area contributed by atoms with Gasteiger partial charge in [-0.3, -0.25) is 5.43 Å². The molecule has 0 radical (unpaired) electrons. The molecule has 0 saturated heterocycles. The first-order valence-electron chi connectivity index (χ1n) is 5.76. The second-order valence-corrected chi connectivity index (χ2v) is 4.38. The van der Waals surface area contributed by atoms with E-state index in [0.717, 1.165) is 11.3 Å². The Balaban J connectivity index is 1.75. The molecule has 1 aliphatic heterocycles. The van der Waals surface area contributed by atoms with Gasteiger partial charge in [-0.25, -0.2) is 0 Å². The van der Waals surface area contributed by atoms with Crippen molar-refractivity contribution in [2.75, 3.05) is 12.2 Å². The Kier molecular flexibility index (Phi) is 3.25. The smallest absolute Gasteiger partial charge is 0.231 e. The number of anilines is 1. The van der Waals surface area contributed by atoms with E-state index >= 15 is 0 Å². The van der Waals surface area contributed by atoms with Crippen LogP contribution in [0.5, 0.6) is 11.5 Å². The average molecular weight is 275 g/mol. The minimum Gasteiger partial charge on any atom is -0.454 e. The number of hydrogen-bond acceptors (Lipinski definition) is 4. The SMILES string of the molecule is Clc1cc(C=NNc2ccccc2)cc2c1OCO2. The number of para-hydroxylation sites is 1. The molecule has 0 saturated carbocycles. The highest BCUT2D eigenvalue weighted by molar-refractivity contribution is 6.32. The Morgan fingerprint density at radius 1 is 1.16 bits per heavy atom. The molecular formula is C14H11ClN2O2. The number of hydrogen-bond donors (Lipinski definition) is 1. The van der Waals surface area contributed by atoms with Crippen molar-refractivity contribution in [3.05, 3.63) is 53.1 Å². The lowest BCUT2D eigenvalue weighted by Gasteiger charge is -2.01. The molecule has 0 aromatic heterocycles. The maximum absolute atomic E-state index is 6.08. The molecule has 4 nitrogen and oxygen atoms in total. The predicted molar refractivity (Wildman–Crippen MR) is 75.2 cm³/mol. The summed E-state index contributed by atoms with van der Waals surface area (Å²) < 4.78 is 10.5. The van der Waals surface area contributed by atoms with E-state index < -0.39 is 0 Å². The second-order valence-electron chi connectivity index (χ2n) is 3.97. The molecule has 0 aliphatic carbocycles. The largest absolute Gasteiger partial charge is 0.454 e.